The zero-order valence-electron chi connectivity index (χ0n) is 6.91. The average molecular weight is 191 g/mol. The minimum atomic E-state index is -0.403. The minimum absolute atomic E-state index is 0.113. The molecule has 0 unspecified atom stereocenters. The Hall–Kier alpha value is -2.31. The number of carbonyl (C=O) groups excluding carboxylic acids is 1. The third kappa shape index (κ3) is 1.71. The van der Waals surface area contributed by atoms with Crippen molar-refractivity contribution < 1.29 is 9.42 Å². The summed E-state index contributed by atoms with van der Waals surface area (Å²) in [4.78, 5) is 11.4. The van der Waals surface area contributed by atoms with Crippen molar-refractivity contribution in [2.24, 2.45) is 0 Å². The summed E-state index contributed by atoms with van der Waals surface area (Å²) in [5, 5.41) is 16.4. The summed E-state index contributed by atoms with van der Waals surface area (Å²) in [6.07, 6.45) is 4.12. The van der Waals surface area contributed by atoms with Crippen molar-refractivity contribution >= 4 is 11.6 Å². The van der Waals surface area contributed by atoms with Crippen LogP contribution in [-0.2, 0) is 0 Å². The summed E-state index contributed by atoms with van der Waals surface area (Å²) in [5.74, 6) is -0.403. The smallest absolute Gasteiger partial charge is 0.279 e. The van der Waals surface area contributed by atoms with Gasteiger partial charge in [-0.3, -0.25) is 4.79 Å². The van der Waals surface area contributed by atoms with E-state index >= 15 is 0 Å². The molecule has 1 N–H and O–H groups in total. The highest BCUT2D eigenvalue weighted by Gasteiger charge is 2.09. The SMILES string of the molecule is O=C(Nc1ccnnc1)c1cnon1. The molecule has 0 aromatic carbocycles. The molecule has 0 saturated heterocycles. The monoisotopic (exact) mass is 191 g/mol. The second-order valence-electron chi connectivity index (χ2n) is 2.38. The van der Waals surface area contributed by atoms with Crippen LogP contribution in [0.3, 0.4) is 0 Å². The third-order valence-electron chi connectivity index (χ3n) is 1.44. The van der Waals surface area contributed by atoms with E-state index in [1.807, 2.05) is 0 Å². The molecule has 0 atom stereocenters. The largest absolute Gasteiger partial charge is 0.319 e. The van der Waals surface area contributed by atoms with Crippen molar-refractivity contribution in [1.82, 2.24) is 20.5 Å². The van der Waals surface area contributed by atoms with Crippen molar-refractivity contribution in [3.8, 4) is 0 Å². The van der Waals surface area contributed by atoms with Crippen molar-refractivity contribution in [3.63, 3.8) is 0 Å². The molecule has 0 spiro atoms. The van der Waals surface area contributed by atoms with Gasteiger partial charge in [-0.2, -0.15) is 10.2 Å². The van der Waals surface area contributed by atoms with Gasteiger partial charge >= 0.3 is 0 Å². The number of nitrogens with zero attached hydrogens (tertiary/aromatic N) is 4. The lowest BCUT2D eigenvalue weighted by molar-refractivity contribution is 0.101. The van der Waals surface area contributed by atoms with Crippen LogP contribution in [0.1, 0.15) is 10.5 Å². The van der Waals surface area contributed by atoms with Crippen LogP contribution in [0.15, 0.2) is 29.3 Å². The summed E-state index contributed by atoms with van der Waals surface area (Å²) in [5.41, 5.74) is 0.648. The van der Waals surface area contributed by atoms with Gasteiger partial charge < -0.3 is 5.32 Å². The van der Waals surface area contributed by atoms with Gasteiger partial charge in [-0.15, -0.1) is 0 Å². The van der Waals surface area contributed by atoms with Crippen LogP contribution in [0, 0.1) is 0 Å². The van der Waals surface area contributed by atoms with Gasteiger partial charge in [0.05, 0.1) is 18.1 Å². The number of hydrogen-bond donors (Lipinski definition) is 1. The second-order valence-corrected chi connectivity index (χ2v) is 2.38. The summed E-state index contributed by atoms with van der Waals surface area (Å²) >= 11 is 0. The number of rotatable bonds is 2. The van der Waals surface area contributed by atoms with Crippen LogP contribution in [0.4, 0.5) is 5.69 Å². The maximum atomic E-state index is 11.4. The highest BCUT2D eigenvalue weighted by Crippen LogP contribution is 2.03. The van der Waals surface area contributed by atoms with Crippen LogP contribution in [0.25, 0.3) is 0 Å². The molecule has 0 aliphatic heterocycles. The molecule has 0 fully saturated rings. The van der Waals surface area contributed by atoms with E-state index in [-0.39, 0.29) is 5.69 Å². The van der Waals surface area contributed by atoms with Crippen LogP contribution >= 0.6 is 0 Å². The first-order chi connectivity index (χ1) is 6.86. The lowest BCUT2D eigenvalue weighted by atomic mass is 10.4. The Kier molecular flexibility index (Phi) is 2.14. The molecule has 0 radical (unpaired) electrons. The van der Waals surface area contributed by atoms with Gasteiger partial charge in [0.25, 0.3) is 5.91 Å². The van der Waals surface area contributed by atoms with Crippen LogP contribution in [-0.4, -0.2) is 26.4 Å². The second kappa shape index (κ2) is 3.60. The number of anilines is 1. The molecule has 0 aliphatic rings. The standard InChI is InChI=1S/C7H5N5O2/c13-7(6-4-10-14-12-6)11-5-1-2-8-9-3-5/h1-4H,(H,8,11,13). The van der Waals surface area contributed by atoms with E-state index in [9.17, 15) is 4.79 Å². The van der Waals surface area contributed by atoms with E-state index < -0.39 is 5.91 Å². The summed E-state index contributed by atoms with van der Waals surface area (Å²) in [6.45, 7) is 0. The van der Waals surface area contributed by atoms with Crippen molar-refractivity contribution in [2.75, 3.05) is 5.32 Å². The highest BCUT2D eigenvalue weighted by molar-refractivity contribution is 6.02. The Labute approximate surface area is 78.1 Å². The molecule has 14 heavy (non-hydrogen) atoms. The normalized spacial score (nSPS) is 9.71. The zero-order chi connectivity index (χ0) is 9.80. The van der Waals surface area contributed by atoms with Crippen molar-refractivity contribution in [2.45, 2.75) is 0 Å². The summed E-state index contributed by atoms with van der Waals surface area (Å²) in [7, 11) is 0. The highest BCUT2D eigenvalue weighted by atomic mass is 16.6. The first-order valence-corrected chi connectivity index (χ1v) is 3.72. The number of hydrogen-bond acceptors (Lipinski definition) is 6. The first kappa shape index (κ1) is 8.30. The Bertz CT molecular complexity index is 413. The molecule has 0 aliphatic carbocycles. The van der Waals surface area contributed by atoms with E-state index in [4.69, 9.17) is 0 Å². The summed E-state index contributed by atoms with van der Waals surface area (Å²) < 4.78 is 4.28. The first-order valence-electron chi connectivity index (χ1n) is 3.72. The number of carbonyl (C=O) groups is 1. The molecule has 7 nitrogen and oxygen atoms in total. The van der Waals surface area contributed by atoms with Gasteiger partial charge in [-0.1, -0.05) is 5.16 Å². The van der Waals surface area contributed by atoms with Crippen LogP contribution in [0.2, 0.25) is 0 Å². The van der Waals surface area contributed by atoms with E-state index in [2.05, 4.69) is 30.5 Å². The van der Waals surface area contributed by atoms with Crippen LogP contribution in [0.5, 0.6) is 0 Å². The van der Waals surface area contributed by atoms with E-state index in [0.29, 0.717) is 5.69 Å². The van der Waals surface area contributed by atoms with Crippen LogP contribution < -0.4 is 5.32 Å². The maximum Gasteiger partial charge on any atom is 0.279 e. The molecule has 2 rings (SSSR count). The number of amides is 1. The predicted octanol–water partition coefficient (Wildman–Crippen LogP) is 0.112. The Morgan fingerprint density at radius 1 is 1.36 bits per heavy atom. The molecule has 7 heteroatoms. The molecular formula is C7H5N5O2. The van der Waals surface area contributed by atoms with E-state index in [0.717, 1.165) is 0 Å². The zero-order valence-corrected chi connectivity index (χ0v) is 6.91. The van der Waals surface area contributed by atoms with E-state index in [1.165, 1.54) is 18.6 Å². The van der Waals surface area contributed by atoms with Crippen molar-refractivity contribution in [1.29, 1.82) is 0 Å². The fourth-order valence-electron chi connectivity index (χ4n) is 0.824. The lowest BCUT2D eigenvalue weighted by Gasteiger charge is -1.99. The predicted molar refractivity (Wildman–Crippen MR) is 44.3 cm³/mol. The lowest BCUT2D eigenvalue weighted by Crippen LogP contribution is -2.12. The maximum absolute atomic E-state index is 11.4. The molecule has 2 heterocycles. The molecule has 0 saturated carbocycles. The Morgan fingerprint density at radius 3 is 2.93 bits per heavy atom. The molecule has 70 valence electrons. The van der Waals surface area contributed by atoms with Gasteiger partial charge in [0.2, 0.25) is 0 Å². The molecule has 1 amide bonds. The molecule has 0 bridgehead atoms. The van der Waals surface area contributed by atoms with Gasteiger partial charge in [-0.25, -0.2) is 4.63 Å². The van der Waals surface area contributed by atoms with Gasteiger partial charge in [0, 0.05) is 0 Å². The van der Waals surface area contributed by atoms with E-state index in [1.54, 1.807) is 6.07 Å². The van der Waals surface area contributed by atoms with Gasteiger partial charge in [-0.05, 0) is 11.2 Å². The topological polar surface area (TPSA) is 93.8 Å². The number of aromatic nitrogens is 4. The molecule has 2 aromatic rings. The fraction of sp³-hybridized carbons (Fsp3) is 0. The fourth-order valence-corrected chi connectivity index (χ4v) is 0.824. The quantitative estimate of drug-likeness (QED) is 0.724. The summed E-state index contributed by atoms with van der Waals surface area (Å²) in [6, 6.07) is 1.61. The Morgan fingerprint density at radius 2 is 2.29 bits per heavy atom. The number of nitrogens with one attached hydrogen (secondary N) is 1. The van der Waals surface area contributed by atoms with Crippen molar-refractivity contribution in [3.05, 3.63) is 30.4 Å². The average Bonchev–Trinajstić information content (AvgIpc) is 2.72. The third-order valence-corrected chi connectivity index (χ3v) is 1.44. The Balaban J connectivity index is 2.10. The van der Waals surface area contributed by atoms with Gasteiger partial charge in [0.1, 0.15) is 6.20 Å². The van der Waals surface area contributed by atoms with Gasteiger partial charge in [0.15, 0.2) is 5.69 Å². The molecular weight excluding hydrogens is 186 g/mol. The molecule has 2 aromatic heterocycles. The minimum Gasteiger partial charge on any atom is -0.319 e.